The third-order valence-corrected chi connectivity index (χ3v) is 3.34. The highest BCUT2D eigenvalue weighted by atomic mass is 16.4. The molecule has 2 saturated heterocycles. The van der Waals surface area contributed by atoms with Crippen molar-refractivity contribution in [3.05, 3.63) is 0 Å². The van der Waals surface area contributed by atoms with E-state index >= 15 is 0 Å². The summed E-state index contributed by atoms with van der Waals surface area (Å²) in [6, 6.07) is -1.52. The van der Waals surface area contributed by atoms with Crippen molar-refractivity contribution in [3.63, 3.8) is 0 Å². The van der Waals surface area contributed by atoms with Crippen LogP contribution in [0.5, 0.6) is 0 Å². The second-order valence-electron chi connectivity index (χ2n) is 4.80. The molecular weight excluding hydrogens is 254 g/mol. The number of amides is 3. The number of aliphatic carboxylic acids is 1. The van der Waals surface area contributed by atoms with Crippen molar-refractivity contribution in [1.82, 2.24) is 15.1 Å². The number of carbonyl (C=O) groups is 3. The van der Waals surface area contributed by atoms with Gasteiger partial charge < -0.3 is 25.3 Å². The molecule has 0 aromatic heterocycles. The topological polar surface area (TPSA) is 110 Å². The van der Waals surface area contributed by atoms with Crippen LogP contribution in [0.15, 0.2) is 0 Å². The number of hydrogen-bond donors (Lipinski definition) is 3. The van der Waals surface area contributed by atoms with Crippen molar-refractivity contribution in [2.45, 2.75) is 25.0 Å². The maximum atomic E-state index is 12.3. The van der Waals surface area contributed by atoms with Gasteiger partial charge in [-0.25, -0.2) is 9.59 Å². The molecule has 0 saturated carbocycles. The van der Waals surface area contributed by atoms with Gasteiger partial charge in [0.1, 0.15) is 12.6 Å². The summed E-state index contributed by atoms with van der Waals surface area (Å²) in [5.41, 5.74) is 0. The van der Waals surface area contributed by atoms with E-state index in [0.29, 0.717) is 19.5 Å². The number of aliphatic hydroxyl groups is 1. The molecule has 8 nitrogen and oxygen atoms in total. The number of carboxylic acid groups (broad SMARTS) is 1. The van der Waals surface area contributed by atoms with Gasteiger partial charge in [-0.15, -0.1) is 0 Å². The SMILES string of the molecule is O=C1CN(C(=O)N2C[C@H](O)C[C@H]2C(=O)O)CCCN1. The molecule has 3 N–H and O–H groups in total. The van der Waals surface area contributed by atoms with Gasteiger partial charge in [0.25, 0.3) is 0 Å². The number of β-amino-alcohol motifs (C(OH)–C–C–N with tert-alkyl or cyclic N) is 1. The highest BCUT2D eigenvalue weighted by Gasteiger charge is 2.41. The second kappa shape index (κ2) is 5.43. The first-order valence-electron chi connectivity index (χ1n) is 6.22. The smallest absolute Gasteiger partial charge is 0.326 e. The molecule has 0 spiro atoms. The largest absolute Gasteiger partial charge is 0.480 e. The lowest BCUT2D eigenvalue weighted by atomic mass is 10.2. The molecule has 0 aliphatic carbocycles. The number of nitrogens with zero attached hydrogens (tertiary/aromatic N) is 2. The molecular formula is C11H17N3O5. The maximum Gasteiger partial charge on any atom is 0.326 e. The Kier molecular flexibility index (Phi) is 3.89. The summed E-state index contributed by atoms with van der Waals surface area (Å²) in [7, 11) is 0. The van der Waals surface area contributed by atoms with Gasteiger partial charge in [-0.2, -0.15) is 0 Å². The summed E-state index contributed by atoms with van der Waals surface area (Å²) in [6.45, 7) is 0.829. The van der Waals surface area contributed by atoms with Crippen LogP contribution in [0.4, 0.5) is 4.79 Å². The molecule has 0 aromatic rings. The molecule has 0 radical (unpaired) electrons. The molecule has 2 aliphatic heterocycles. The van der Waals surface area contributed by atoms with Gasteiger partial charge in [0.2, 0.25) is 5.91 Å². The Morgan fingerprint density at radius 1 is 1.37 bits per heavy atom. The van der Waals surface area contributed by atoms with Crippen LogP contribution in [0.3, 0.4) is 0 Å². The summed E-state index contributed by atoms with van der Waals surface area (Å²) in [6.07, 6.45) is -0.168. The highest BCUT2D eigenvalue weighted by Crippen LogP contribution is 2.20. The van der Waals surface area contributed by atoms with E-state index in [0.717, 1.165) is 4.90 Å². The quantitative estimate of drug-likeness (QED) is 0.534. The summed E-state index contributed by atoms with van der Waals surface area (Å²) < 4.78 is 0. The molecule has 2 fully saturated rings. The standard InChI is InChI=1S/C11H17N3O5/c15-7-4-8(10(17)18)14(5-7)11(19)13-3-1-2-12-9(16)6-13/h7-8,15H,1-6H2,(H,12,16)(H,17,18)/t7-,8+/m1/s1. The van der Waals surface area contributed by atoms with Gasteiger partial charge in [0.15, 0.2) is 0 Å². The van der Waals surface area contributed by atoms with Gasteiger partial charge in [0.05, 0.1) is 6.10 Å². The minimum absolute atomic E-state index is 0.00603. The number of urea groups is 1. The van der Waals surface area contributed by atoms with Crippen LogP contribution in [0.25, 0.3) is 0 Å². The Balaban J connectivity index is 2.09. The first-order chi connectivity index (χ1) is 8.99. The molecule has 106 valence electrons. The van der Waals surface area contributed by atoms with Crippen molar-refractivity contribution < 1.29 is 24.6 Å². The molecule has 2 rings (SSSR count). The Morgan fingerprint density at radius 3 is 2.79 bits per heavy atom. The first kappa shape index (κ1) is 13.6. The van der Waals surface area contributed by atoms with Crippen molar-refractivity contribution in [2.75, 3.05) is 26.2 Å². The Hall–Kier alpha value is -1.83. The van der Waals surface area contributed by atoms with E-state index in [2.05, 4.69) is 5.32 Å². The average Bonchev–Trinajstić information content (AvgIpc) is 2.61. The molecule has 19 heavy (non-hydrogen) atoms. The van der Waals surface area contributed by atoms with Crippen molar-refractivity contribution in [2.24, 2.45) is 0 Å². The van der Waals surface area contributed by atoms with E-state index in [1.165, 1.54) is 4.90 Å². The first-order valence-corrected chi connectivity index (χ1v) is 6.22. The molecule has 2 atom stereocenters. The van der Waals surface area contributed by atoms with Crippen LogP contribution < -0.4 is 5.32 Å². The van der Waals surface area contributed by atoms with Crippen LogP contribution in [-0.2, 0) is 9.59 Å². The highest BCUT2D eigenvalue weighted by molar-refractivity contribution is 5.87. The maximum absolute atomic E-state index is 12.3. The fourth-order valence-corrected chi connectivity index (χ4v) is 2.41. The number of aliphatic hydroxyl groups excluding tert-OH is 1. The second-order valence-corrected chi connectivity index (χ2v) is 4.80. The predicted octanol–water partition coefficient (Wildman–Crippen LogP) is -1.55. The van der Waals surface area contributed by atoms with Crippen LogP contribution in [0, 0.1) is 0 Å². The molecule has 3 amide bonds. The fourth-order valence-electron chi connectivity index (χ4n) is 2.41. The molecule has 0 unspecified atom stereocenters. The van der Waals surface area contributed by atoms with E-state index in [4.69, 9.17) is 5.11 Å². The van der Waals surface area contributed by atoms with E-state index in [1.54, 1.807) is 0 Å². The van der Waals surface area contributed by atoms with Gasteiger partial charge in [-0.3, -0.25) is 4.79 Å². The third-order valence-electron chi connectivity index (χ3n) is 3.34. The Morgan fingerprint density at radius 2 is 2.11 bits per heavy atom. The lowest BCUT2D eigenvalue weighted by Crippen LogP contribution is -2.49. The van der Waals surface area contributed by atoms with Crippen LogP contribution >= 0.6 is 0 Å². The number of likely N-dealkylation sites (tertiary alicyclic amines) is 1. The van der Waals surface area contributed by atoms with Crippen molar-refractivity contribution in [1.29, 1.82) is 0 Å². The predicted molar refractivity (Wildman–Crippen MR) is 63.3 cm³/mol. The average molecular weight is 271 g/mol. The number of nitrogens with one attached hydrogen (secondary N) is 1. The van der Waals surface area contributed by atoms with Crippen molar-refractivity contribution in [3.8, 4) is 0 Å². The lowest BCUT2D eigenvalue weighted by molar-refractivity contribution is -0.141. The Bertz CT molecular complexity index is 400. The van der Waals surface area contributed by atoms with Gasteiger partial charge in [-0.1, -0.05) is 0 Å². The zero-order valence-corrected chi connectivity index (χ0v) is 10.4. The molecule has 2 heterocycles. The van der Waals surface area contributed by atoms with Gasteiger partial charge in [0, 0.05) is 26.1 Å². The molecule has 2 aliphatic rings. The number of hydrogen-bond acceptors (Lipinski definition) is 4. The number of carbonyl (C=O) groups excluding carboxylic acids is 2. The minimum Gasteiger partial charge on any atom is -0.480 e. The molecule has 0 aromatic carbocycles. The van der Waals surface area contributed by atoms with Crippen molar-refractivity contribution >= 4 is 17.9 Å². The number of rotatable bonds is 1. The normalized spacial score (nSPS) is 27.9. The van der Waals surface area contributed by atoms with Gasteiger partial charge in [-0.05, 0) is 6.42 Å². The summed E-state index contributed by atoms with van der Waals surface area (Å²) >= 11 is 0. The van der Waals surface area contributed by atoms with E-state index in [-0.39, 0.29) is 25.4 Å². The summed E-state index contributed by atoms with van der Waals surface area (Å²) in [5, 5.41) is 21.2. The third kappa shape index (κ3) is 2.95. The zero-order chi connectivity index (χ0) is 14.0. The van der Waals surface area contributed by atoms with Crippen LogP contribution in [-0.4, -0.2) is 76.2 Å². The van der Waals surface area contributed by atoms with Crippen LogP contribution in [0.2, 0.25) is 0 Å². The zero-order valence-electron chi connectivity index (χ0n) is 10.4. The molecule has 0 bridgehead atoms. The van der Waals surface area contributed by atoms with Gasteiger partial charge >= 0.3 is 12.0 Å². The molecule has 8 heteroatoms. The fraction of sp³-hybridized carbons (Fsp3) is 0.727. The van der Waals surface area contributed by atoms with Crippen LogP contribution in [0.1, 0.15) is 12.8 Å². The number of carboxylic acids is 1. The Labute approximate surface area is 110 Å². The minimum atomic E-state index is -1.14. The summed E-state index contributed by atoms with van der Waals surface area (Å²) in [4.78, 5) is 37.2. The van der Waals surface area contributed by atoms with E-state index in [9.17, 15) is 19.5 Å². The lowest BCUT2D eigenvalue weighted by Gasteiger charge is -2.28. The van der Waals surface area contributed by atoms with E-state index < -0.39 is 24.1 Å². The van der Waals surface area contributed by atoms with E-state index in [1.807, 2.05) is 0 Å². The summed E-state index contributed by atoms with van der Waals surface area (Å²) in [5.74, 6) is -1.39. The monoisotopic (exact) mass is 271 g/mol.